The van der Waals surface area contributed by atoms with Gasteiger partial charge in [0.25, 0.3) is 0 Å². The fraction of sp³-hybridized carbons (Fsp3) is 0.250. The van der Waals surface area contributed by atoms with E-state index in [9.17, 15) is 4.79 Å². The van der Waals surface area contributed by atoms with Crippen molar-refractivity contribution in [2.75, 3.05) is 0 Å². The molecule has 0 fully saturated rings. The Bertz CT molecular complexity index is 499. The van der Waals surface area contributed by atoms with Crippen LogP contribution in [-0.2, 0) is 17.8 Å². The number of para-hydroxylation sites is 1. The summed E-state index contributed by atoms with van der Waals surface area (Å²) in [5.41, 5.74) is 7.37. The van der Waals surface area contributed by atoms with Crippen molar-refractivity contribution in [3.05, 3.63) is 36.0 Å². The van der Waals surface area contributed by atoms with Crippen molar-refractivity contribution in [3.8, 4) is 0 Å². The fourth-order valence-electron chi connectivity index (χ4n) is 1.97. The average molecular weight is 202 g/mol. The quantitative estimate of drug-likeness (QED) is 0.809. The number of hydrogen-bond donors (Lipinski definition) is 1. The molecule has 0 saturated carbocycles. The van der Waals surface area contributed by atoms with Gasteiger partial charge in [0, 0.05) is 17.8 Å². The third-order valence-corrected chi connectivity index (χ3v) is 2.57. The van der Waals surface area contributed by atoms with Gasteiger partial charge >= 0.3 is 0 Å². The topological polar surface area (TPSA) is 48.0 Å². The first-order valence-corrected chi connectivity index (χ1v) is 5.08. The van der Waals surface area contributed by atoms with Crippen LogP contribution in [0.5, 0.6) is 0 Å². The summed E-state index contributed by atoms with van der Waals surface area (Å²) >= 11 is 0. The van der Waals surface area contributed by atoms with Gasteiger partial charge in [-0.05, 0) is 24.4 Å². The standard InChI is InChI=1S/C12H14N2O/c1-2-14-10(8-12(13)15)7-9-5-3-4-6-11(9)14/h3-7H,2,8H2,1H3,(H2,13,15). The van der Waals surface area contributed by atoms with E-state index in [1.807, 2.05) is 24.3 Å². The molecule has 0 aliphatic rings. The molecule has 0 saturated heterocycles. The van der Waals surface area contributed by atoms with Crippen molar-refractivity contribution >= 4 is 16.8 Å². The smallest absolute Gasteiger partial charge is 0.223 e. The molecule has 0 atom stereocenters. The molecule has 3 nitrogen and oxygen atoms in total. The number of rotatable bonds is 3. The van der Waals surface area contributed by atoms with Gasteiger partial charge in [-0.2, -0.15) is 0 Å². The Morgan fingerprint density at radius 2 is 2.13 bits per heavy atom. The summed E-state index contributed by atoms with van der Waals surface area (Å²) in [5.74, 6) is -0.285. The number of carbonyl (C=O) groups excluding carboxylic acids is 1. The SMILES string of the molecule is CCn1c(CC(N)=O)cc2ccccc21. The molecule has 0 unspecified atom stereocenters. The normalized spacial score (nSPS) is 10.7. The van der Waals surface area contributed by atoms with Crippen LogP contribution in [0.15, 0.2) is 30.3 Å². The van der Waals surface area contributed by atoms with Crippen LogP contribution in [0.2, 0.25) is 0 Å². The van der Waals surface area contributed by atoms with Crippen LogP contribution in [0.3, 0.4) is 0 Å². The van der Waals surface area contributed by atoms with Crippen LogP contribution < -0.4 is 5.73 Å². The molecule has 78 valence electrons. The van der Waals surface area contributed by atoms with Gasteiger partial charge in [-0.1, -0.05) is 18.2 Å². The molecule has 0 spiro atoms. The van der Waals surface area contributed by atoms with E-state index in [4.69, 9.17) is 5.73 Å². The van der Waals surface area contributed by atoms with Crippen molar-refractivity contribution in [3.63, 3.8) is 0 Å². The van der Waals surface area contributed by atoms with Gasteiger partial charge in [-0.15, -0.1) is 0 Å². The molecule has 1 heterocycles. The Morgan fingerprint density at radius 1 is 1.40 bits per heavy atom. The van der Waals surface area contributed by atoms with E-state index in [2.05, 4.69) is 17.6 Å². The zero-order chi connectivity index (χ0) is 10.8. The first kappa shape index (κ1) is 9.77. The van der Waals surface area contributed by atoms with Crippen LogP contribution >= 0.6 is 0 Å². The average Bonchev–Trinajstić information content (AvgIpc) is 2.53. The maximum Gasteiger partial charge on any atom is 0.223 e. The van der Waals surface area contributed by atoms with Gasteiger partial charge in [-0.25, -0.2) is 0 Å². The highest BCUT2D eigenvalue weighted by Crippen LogP contribution is 2.19. The monoisotopic (exact) mass is 202 g/mol. The molecule has 2 aromatic rings. The molecule has 15 heavy (non-hydrogen) atoms. The molecule has 2 N–H and O–H groups in total. The molecule has 0 aliphatic heterocycles. The third kappa shape index (κ3) is 1.73. The predicted molar refractivity (Wildman–Crippen MR) is 60.5 cm³/mol. The van der Waals surface area contributed by atoms with Crippen molar-refractivity contribution in [2.24, 2.45) is 5.73 Å². The number of fused-ring (bicyclic) bond motifs is 1. The maximum atomic E-state index is 10.9. The fourth-order valence-corrected chi connectivity index (χ4v) is 1.97. The Kier molecular flexibility index (Phi) is 2.46. The number of carbonyl (C=O) groups is 1. The number of hydrogen-bond acceptors (Lipinski definition) is 1. The summed E-state index contributed by atoms with van der Waals surface area (Å²) < 4.78 is 2.13. The number of primary amides is 1. The minimum atomic E-state index is -0.285. The van der Waals surface area contributed by atoms with Crippen molar-refractivity contribution < 1.29 is 4.79 Å². The van der Waals surface area contributed by atoms with Crippen LogP contribution in [0.1, 0.15) is 12.6 Å². The van der Waals surface area contributed by atoms with Gasteiger partial charge in [0.15, 0.2) is 0 Å². The molecule has 0 aliphatic carbocycles. The third-order valence-electron chi connectivity index (χ3n) is 2.57. The Balaban J connectivity index is 2.58. The molecule has 0 radical (unpaired) electrons. The van der Waals surface area contributed by atoms with E-state index in [1.165, 1.54) is 0 Å². The predicted octanol–water partition coefficient (Wildman–Crippen LogP) is 1.69. The Labute approximate surface area is 88.5 Å². The molecule has 0 bridgehead atoms. The van der Waals surface area contributed by atoms with Gasteiger partial charge in [0.2, 0.25) is 5.91 Å². The first-order valence-electron chi connectivity index (χ1n) is 5.08. The summed E-state index contributed by atoms with van der Waals surface area (Å²) in [6.45, 7) is 2.92. The van der Waals surface area contributed by atoms with Crippen molar-refractivity contribution in [1.82, 2.24) is 4.57 Å². The molecular formula is C12H14N2O. The lowest BCUT2D eigenvalue weighted by atomic mass is 10.2. The largest absolute Gasteiger partial charge is 0.369 e. The summed E-state index contributed by atoms with van der Waals surface area (Å²) in [4.78, 5) is 10.9. The van der Waals surface area contributed by atoms with Gasteiger partial charge in [0.05, 0.1) is 6.42 Å². The highest BCUT2D eigenvalue weighted by molar-refractivity contribution is 5.84. The van der Waals surface area contributed by atoms with Crippen molar-refractivity contribution in [1.29, 1.82) is 0 Å². The maximum absolute atomic E-state index is 10.9. The lowest BCUT2D eigenvalue weighted by Gasteiger charge is -2.05. The zero-order valence-electron chi connectivity index (χ0n) is 8.73. The molecule has 2 rings (SSSR count). The van der Waals surface area contributed by atoms with E-state index < -0.39 is 0 Å². The second kappa shape index (κ2) is 3.77. The molecule has 1 amide bonds. The number of aromatic nitrogens is 1. The number of nitrogens with zero attached hydrogens (tertiary/aromatic N) is 1. The van der Waals surface area contributed by atoms with E-state index >= 15 is 0 Å². The second-order valence-electron chi connectivity index (χ2n) is 3.58. The number of benzene rings is 1. The number of amides is 1. The minimum Gasteiger partial charge on any atom is -0.369 e. The highest BCUT2D eigenvalue weighted by atomic mass is 16.1. The Hall–Kier alpha value is -1.77. The first-order chi connectivity index (χ1) is 7.22. The summed E-state index contributed by atoms with van der Waals surface area (Å²) in [6.07, 6.45) is 0.308. The summed E-state index contributed by atoms with van der Waals surface area (Å²) in [6, 6.07) is 10.1. The van der Waals surface area contributed by atoms with Crippen molar-refractivity contribution in [2.45, 2.75) is 19.9 Å². The summed E-state index contributed by atoms with van der Waals surface area (Å²) in [5, 5.41) is 1.16. The van der Waals surface area contributed by atoms with E-state index in [1.54, 1.807) is 0 Å². The molecular weight excluding hydrogens is 188 g/mol. The van der Waals surface area contributed by atoms with Crippen LogP contribution in [0.25, 0.3) is 10.9 Å². The van der Waals surface area contributed by atoms with Crippen LogP contribution in [0, 0.1) is 0 Å². The van der Waals surface area contributed by atoms with Gasteiger partial charge in [0.1, 0.15) is 0 Å². The zero-order valence-corrected chi connectivity index (χ0v) is 8.73. The van der Waals surface area contributed by atoms with E-state index in [-0.39, 0.29) is 5.91 Å². The lowest BCUT2D eigenvalue weighted by Crippen LogP contribution is -2.16. The molecule has 1 aromatic heterocycles. The van der Waals surface area contributed by atoms with Crippen LogP contribution in [0.4, 0.5) is 0 Å². The van der Waals surface area contributed by atoms with Gasteiger partial charge in [-0.3, -0.25) is 4.79 Å². The Morgan fingerprint density at radius 3 is 2.80 bits per heavy atom. The second-order valence-corrected chi connectivity index (χ2v) is 3.58. The summed E-state index contributed by atoms with van der Waals surface area (Å²) in [7, 11) is 0. The molecule has 1 aromatic carbocycles. The molecule has 3 heteroatoms. The minimum absolute atomic E-state index is 0.285. The van der Waals surface area contributed by atoms with Crippen LogP contribution in [-0.4, -0.2) is 10.5 Å². The number of aryl methyl sites for hydroxylation is 1. The van der Waals surface area contributed by atoms with E-state index in [0.717, 1.165) is 23.1 Å². The number of nitrogens with two attached hydrogens (primary N) is 1. The highest BCUT2D eigenvalue weighted by Gasteiger charge is 2.08. The van der Waals surface area contributed by atoms with E-state index in [0.29, 0.717) is 6.42 Å². The van der Waals surface area contributed by atoms with Gasteiger partial charge < -0.3 is 10.3 Å². The lowest BCUT2D eigenvalue weighted by molar-refractivity contribution is -0.117.